The van der Waals surface area contributed by atoms with Crippen LogP contribution in [0.2, 0.25) is 0 Å². The van der Waals surface area contributed by atoms with Gasteiger partial charge in [-0.05, 0) is 116 Å². The van der Waals surface area contributed by atoms with Gasteiger partial charge in [-0.15, -0.1) is 0 Å². The molecular formula is C53H86O21. The van der Waals surface area contributed by atoms with E-state index in [-0.39, 0.29) is 57.5 Å². The van der Waals surface area contributed by atoms with E-state index < -0.39 is 141 Å². The quantitative estimate of drug-likeness (QED) is 0.0755. The number of hydrogen-bond acceptors (Lipinski definition) is 21. The smallest absolute Gasteiger partial charge is 0.315 e. The summed E-state index contributed by atoms with van der Waals surface area (Å²) in [5.74, 6) is -0.273. The van der Waals surface area contributed by atoms with Gasteiger partial charge in [-0.1, -0.05) is 60.1 Å². The normalized spacial score (nSPS) is 54.1. The van der Waals surface area contributed by atoms with Gasteiger partial charge in [-0.25, -0.2) is 0 Å². The number of ether oxygens (including phenoxy) is 8. The Morgan fingerprint density at radius 1 is 0.635 bits per heavy atom. The molecule has 9 aliphatic rings. The van der Waals surface area contributed by atoms with Gasteiger partial charge in [0.15, 0.2) is 18.9 Å². The maximum Gasteiger partial charge on any atom is 0.315 e. The van der Waals surface area contributed by atoms with Crippen LogP contribution in [0.25, 0.3) is 0 Å². The zero-order chi connectivity index (χ0) is 54.0. The van der Waals surface area contributed by atoms with Crippen molar-refractivity contribution in [2.45, 2.75) is 242 Å². The van der Waals surface area contributed by atoms with E-state index in [0.29, 0.717) is 25.7 Å². The summed E-state index contributed by atoms with van der Waals surface area (Å²) in [7, 11) is 0. The van der Waals surface area contributed by atoms with Crippen LogP contribution in [0.5, 0.6) is 0 Å². The Bertz CT molecular complexity index is 2040. The summed E-state index contributed by atoms with van der Waals surface area (Å²) in [4.78, 5) is 15.0. The van der Waals surface area contributed by atoms with E-state index >= 15 is 4.79 Å². The highest BCUT2D eigenvalue weighted by molar-refractivity contribution is 5.79. The van der Waals surface area contributed by atoms with Gasteiger partial charge >= 0.3 is 5.97 Å². The number of carbonyl (C=O) groups excluding carboxylic acids is 1. The first-order valence-electron chi connectivity index (χ1n) is 27.1. The van der Waals surface area contributed by atoms with E-state index in [2.05, 4.69) is 54.5 Å². The van der Waals surface area contributed by atoms with Crippen LogP contribution in [0.1, 0.15) is 120 Å². The van der Waals surface area contributed by atoms with Crippen molar-refractivity contribution in [3.63, 3.8) is 0 Å². The van der Waals surface area contributed by atoms with Crippen LogP contribution in [-0.2, 0) is 42.7 Å². The molecule has 4 heterocycles. The van der Waals surface area contributed by atoms with Crippen LogP contribution in [-0.4, -0.2) is 210 Å². The Labute approximate surface area is 433 Å². The minimum absolute atomic E-state index is 0.108. The van der Waals surface area contributed by atoms with Crippen molar-refractivity contribution in [1.29, 1.82) is 0 Å². The summed E-state index contributed by atoms with van der Waals surface area (Å²) < 4.78 is 47.3. The molecule has 21 heteroatoms. The van der Waals surface area contributed by atoms with E-state index in [1.54, 1.807) is 6.92 Å². The summed E-state index contributed by atoms with van der Waals surface area (Å²) in [6, 6.07) is 0. The highest BCUT2D eigenvalue weighted by Gasteiger charge is 2.70. The molecular weight excluding hydrogens is 973 g/mol. The van der Waals surface area contributed by atoms with Crippen LogP contribution in [0, 0.1) is 50.2 Å². The molecule has 27 unspecified atom stereocenters. The molecule has 0 amide bonds. The van der Waals surface area contributed by atoms with Crippen LogP contribution in [0.4, 0.5) is 0 Å². The Hall–Kier alpha value is -1.55. The number of aliphatic hydroxyl groups is 12. The van der Waals surface area contributed by atoms with Gasteiger partial charge in [0.1, 0.15) is 85.5 Å². The molecule has 0 aromatic heterocycles. The number of allylic oxidation sites excluding steroid dienone is 2. The average Bonchev–Trinajstić information content (AvgIpc) is 3.34. The van der Waals surface area contributed by atoms with E-state index in [0.717, 1.165) is 38.5 Å². The minimum Gasteiger partial charge on any atom is -0.432 e. The number of fused-ring (bicyclic) bond motifs is 7. The van der Waals surface area contributed by atoms with Gasteiger partial charge in [0, 0.05) is 0 Å². The first kappa shape index (κ1) is 57.1. The van der Waals surface area contributed by atoms with Crippen molar-refractivity contribution >= 4 is 5.97 Å². The number of rotatable bonds is 10. The van der Waals surface area contributed by atoms with Crippen molar-refractivity contribution in [2.24, 2.45) is 50.2 Å². The summed E-state index contributed by atoms with van der Waals surface area (Å²) >= 11 is 0. The standard InChI is InChI=1S/C53H86O21/c1-23-42(73-44-38(62)32(56)26(55)21-67-44)37(61)41(65)45(69-23)72-31-12-13-50(6)29(49(31,4)5)11-14-52(8)30(50)10-9-24-25-19-48(2,3)15-17-53(25,18-16-51(24,52)7)47(66)74-46-40(64)36(60)34(58)28(71-46)22-68-43-39(63)35(59)33(57)27(20-54)70-43/h9,23,25-46,54-65H,10-22H2,1-8H3. The Kier molecular flexibility index (Phi) is 15.8. The fraction of sp³-hybridized carbons (Fsp3) is 0.943. The number of hydrogen-bond donors (Lipinski definition) is 12. The second-order valence-corrected chi connectivity index (χ2v) is 25.8. The van der Waals surface area contributed by atoms with E-state index in [9.17, 15) is 61.3 Å². The van der Waals surface area contributed by atoms with Crippen LogP contribution < -0.4 is 0 Å². The first-order valence-corrected chi connectivity index (χ1v) is 27.1. The molecule has 424 valence electrons. The first-order chi connectivity index (χ1) is 34.6. The summed E-state index contributed by atoms with van der Waals surface area (Å²) in [5, 5.41) is 127. The molecule has 4 aliphatic heterocycles. The monoisotopic (exact) mass is 1060 g/mol. The number of aliphatic hydroxyl groups excluding tert-OH is 12. The molecule has 12 N–H and O–H groups in total. The Morgan fingerprint density at radius 3 is 1.95 bits per heavy atom. The highest BCUT2D eigenvalue weighted by atomic mass is 16.8. The summed E-state index contributed by atoms with van der Waals surface area (Å²) in [5.41, 5.74) is -0.798. The van der Waals surface area contributed by atoms with Crippen molar-refractivity contribution in [3.05, 3.63) is 11.6 Å². The number of esters is 1. The molecule has 9 rings (SSSR count). The molecule has 5 aliphatic carbocycles. The van der Waals surface area contributed by atoms with Crippen molar-refractivity contribution < 1.29 is 104 Å². The second-order valence-electron chi connectivity index (χ2n) is 25.8. The third-order valence-corrected chi connectivity index (χ3v) is 21.0. The van der Waals surface area contributed by atoms with Gasteiger partial charge in [0.2, 0.25) is 6.29 Å². The van der Waals surface area contributed by atoms with Gasteiger partial charge in [0.25, 0.3) is 0 Å². The van der Waals surface area contributed by atoms with Gasteiger partial charge in [0.05, 0.1) is 37.4 Å². The largest absolute Gasteiger partial charge is 0.432 e. The molecule has 4 saturated carbocycles. The van der Waals surface area contributed by atoms with Crippen molar-refractivity contribution in [3.8, 4) is 0 Å². The van der Waals surface area contributed by atoms with E-state index in [1.165, 1.54) is 5.57 Å². The maximum absolute atomic E-state index is 15.0. The van der Waals surface area contributed by atoms with E-state index in [4.69, 9.17) is 37.9 Å². The van der Waals surface area contributed by atoms with Gasteiger partial charge in [-0.2, -0.15) is 0 Å². The average molecular weight is 1060 g/mol. The Morgan fingerprint density at radius 2 is 1.26 bits per heavy atom. The predicted molar refractivity (Wildman–Crippen MR) is 255 cm³/mol. The maximum atomic E-state index is 15.0. The molecule has 0 aromatic carbocycles. The molecule has 0 aromatic rings. The molecule has 0 radical (unpaired) electrons. The summed E-state index contributed by atoms with van der Waals surface area (Å²) in [6.45, 7) is 16.3. The zero-order valence-electron chi connectivity index (χ0n) is 44.1. The van der Waals surface area contributed by atoms with Crippen LogP contribution in [0.3, 0.4) is 0 Å². The molecule has 8 fully saturated rings. The highest BCUT2D eigenvalue weighted by Crippen LogP contribution is 2.76. The number of carbonyl (C=O) groups is 1. The predicted octanol–water partition coefficient (Wildman–Crippen LogP) is -0.369. The molecule has 27 atom stereocenters. The van der Waals surface area contributed by atoms with E-state index in [1.807, 2.05) is 0 Å². The lowest BCUT2D eigenvalue weighted by Crippen LogP contribution is -2.66. The third-order valence-electron chi connectivity index (χ3n) is 21.0. The lowest BCUT2D eigenvalue weighted by molar-refractivity contribution is -0.356. The fourth-order valence-corrected chi connectivity index (χ4v) is 16.1. The minimum atomic E-state index is -1.82. The van der Waals surface area contributed by atoms with Crippen LogP contribution >= 0.6 is 0 Å². The fourth-order valence-electron chi connectivity index (χ4n) is 16.1. The van der Waals surface area contributed by atoms with Gasteiger partial charge in [-0.3, -0.25) is 4.79 Å². The second kappa shape index (κ2) is 20.5. The zero-order valence-corrected chi connectivity index (χ0v) is 44.1. The topological polar surface area (TPSA) is 334 Å². The van der Waals surface area contributed by atoms with Crippen LogP contribution in [0.15, 0.2) is 11.6 Å². The molecule has 74 heavy (non-hydrogen) atoms. The van der Waals surface area contributed by atoms with Crippen molar-refractivity contribution in [1.82, 2.24) is 0 Å². The molecule has 0 bridgehead atoms. The molecule has 0 spiro atoms. The lowest BCUT2D eigenvalue weighted by Gasteiger charge is -2.71. The van der Waals surface area contributed by atoms with Crippen molar-refractivity contribution in [2.75, 3.05) is 19.8 Å². The summed E-state index contributed by atoms with van der Waals surface area (Å²) in [6.07, 6.45) is -18.7. The SMILES string of the molecule is CC1OC(OC2CCC3(C)C(CCC4(C)C3CC=C3C5CC(C)(C)CCC5(C(=O)OC5OC(COC6OC(CO)C(O)C(O)C6O)C(O)C(O)C5O)CCC34C)C2(C)C)C(O)C(O)C1OC1OCC(O)C(O)C1O. The van der Waals surface area contributed by atoms with Gasteiger partial charge < -0.3 is 99.2 Å². The Balaban J connectivity index is 0.897. The lowest BCUT2D eigenvalue weighted by atomic mass is 9.33. The molecule has 21 nitrogen and oxygen atoms in total. The third kappa shape index (κ3) is 9.27. The molecule has 4 saturated heterocycles.